The third-order valence-corrected chi connectivity index (χ3v) is 6.55. The first-order chi connectivity index (χ1) is 16.2. The molecule has 2 amide bonds. The number of hydrogen-bond donors (Lipinski definition) is 3. The summed E-state index contributed by atoms with van der Waals surface area (Å²) in [6.07, 6.45) is 1.05. The molecule has 1 saturated heterocycles. The smallest absolute Gasteiger partial charge is 0.416 e. The molecular weight excluding hydrogens is 449 g/mol. The summed E-state index contributed by atoms with van der Waals surface area (Å²) in [6.45, 7) is 1.14. The second kappa shape index (κ2) is 10.0. The van der Waals surface area contributed by atoms with E-state index in [4.69, 9.17) is 0 Å². The maximum absolute atomic E-state index is 12.8. The van der Waals surface area contributed by atoms with E-state index < -0.39 is 17.6 Å². The standard InChI is InChI=1S/C24H27F3N4O3/c25-24(26,27)17-4-1-3-16(11-17)23(34)29-12-21(33)30-18-13-31(14-18)19-8-6-15(7-9-19)22-20(32)5-2-10-28-22/h1-5,10-11,15,18-19,32H,6-9,12-14H2,(H,29,34)(H,30,33). The van der Waals surface area contributed by atoms with Crippen molar-refractivity contribution in [2.75, 3.05) is 19.6 Å². The number of carbonyl (C=O) groups is 2. The molecule has 34 heavy (non-hydrogen) atoms. The predicted molar refractivity (Wildman–Crippen MR) is 118 cm³/mol. The van der Waals surface area contributed by atoms with Crippen LogP contribution >= 0.6 is 0 Å². The lowest BCUT2D eigenvalue weighted by molar-refractivity contribution is -0.137. The number of pyridine rings is 1. The van der Waals surface area contributed by atoms with Crippen LogP contribution < -0.4 is 10.6 Å². The Kier molecular flexibility index (Phi) is 7.06. The Morgan fingerprint density at radius 2 is 1.82 bits per heavy atom. The van der Waals surface area contributed by atoms with Crippen LogP contribution in [0.2, 0.25) is 0 Å². The fourth-order valence-electron chi connectivity index (χ4n) is 4.72. The summed E-state index contributed by atoms with van der Waals surface area (Å²) in [5.41, 5.74) is -0.293. The van der Waals surface area contributed by atoms with Crippen molar-refractivity contribution in [2.24, 2.45) is 0 Å². The van der Waals surface area contributed by atoms with Crippen molar-refractivity contribution in [1.82, 2.24) is 20.5 Å². The number of carbonyl (C=O) groups excluding carboxylic acids is 2. The Hall–Kier alpha value is -3.14. The van der Waals surface area contributed by atoms with Gasteiger partial charge in [0.05, 0.1) is 23.8 Å². The van der Waals surface area contributed by atoms with Crippen LogP contribution in [0.3, 0.4) is 0 Å². The number of aromatic nitrogens is 1. The molecule has 3 N–H and O–H groups in total. The SMILES string of the molecule is O=C(CNC(=O)c1cccc(C(F)(F)F)c1)NC1CN(C2CCC(c3ncccc3O)CC2)C1. The van der Waals surface area contributed by atoms with Gasteiger partial charge in [-0.25, -0.2) is 0 Å². The highest BCUT2D eigenvalue weighted by Crippen LogP contribution is 2.38. The van der Waals surface area contributed by atoms with E-state index in [1.807, 2.05) is 0 Å². The topological polar surface area (TPSA) is 94.6 Å². The van der Waals surface area contributed by atoms with Crippen LogP contribution in [0, 0.1) is 0 Å². The van der Waals surface area contributed by atoms with Gasteiger partial charge in [0.1, 0.15) is 5.75 Å². The van der Waals surface area contributed by atoms with Crippen LogP contribution in [0.1, 0.15) is 53.2 Å². The Morgan fingerprint density at radius 1 is 1.09 bits per heavy atom. The largest absolute Gasteiger partial charge is 0.506 e. The molecule has 2 aliphatic rings. The zero-order valence-electron chi connectivity index (χ0n) is 18.5. The lowest BCUT2D eigenvalue weighted by Crippen LogP contribution is -2.63. The summed E-state index contributed by atoms with van der Waals surface area (Å²) in [4.78, 5) is 30.9. The van der Waals surface area contributed by atoms with E-state index in [0.29, 0.717) is 6.04 Å². The van der Waals surface area contributed by atoms with Gasteiger partial charge < -0.3 is 15.7 Å². The fourth-order valence-corrected chi connectivity index (χ4v) is 4.72. The molecule has 1 saturated carbocycles. The highest BCUT2D eigenvalue weighted by Gasteiger charge is 2.36. The summed E-state index contributed by atoms with van der Waals surface area (Å²) < 4.78 is 38.4. The maximum Gasteiger partial charge on any atom is 0.416 e. The van der Waals surface area contributed by atoms with E-state index in [1.54, 1.807) is 18.3 Å². The lowest BCUT2D eigenvalue weighted by atomic mass is 9.82. The number of hydrogen-bond acceptors (Lipinski definition) is 5. The molecule has 1 aromatic heterocycles. The van der Waals surface area contributed by atoms with Gasteiger partial charge in [0.15, 0.2) is 0 Å². The van der Waals surface area contributed by atoms with Gasteiger partial charge >= 0.3 is 6.18 Å². The Morgan fingerprint density at radius 3 is 2.50 bits per heavy atom. The van der Waals surface area contributed by atoms with Crippen molar-refractivity contribution in [3.63, 3.8) is 0 Å². The zero-order valence-corrected chi connectivity index (χ0v) is 18.5. The third kappa shape index (κ3) is 5.67. The van der Waals surface area contributed by atoms with Crippen LogP contribution in [0.25, 0.3) is 0 Å². The molecule has 2 fully saturated rings. The quantitative estimate of drug-likeness (QED) is 0.596. The number of aromatic hydroxyl groups is 1. The number of nitrogens with zero attached hydrogens (tertiary/aromatic N) is 2. The van der Waals surface area contributed by atoms with Crippen LogP contribution in [0.5, 0.6) is 5.75 Å². The molecule has 1 aliphatic carbocycles. The van der Waals surface area contributed by atoms with Gasteiger partial charge in [-0.15, -0.1) is 0 Å². The van der Waals surface area contributed by atoms with Crippen LogP contribution in [-0.2, 0) is 11.0 Å². The number of halogens is 3. The number of nitrogens with one attached hydrogen (secondary N) is 2. The summed E-state index contributed by atoms with van der Waals surface area (Å²) >= 11 is 0. The van der Waals surface area contributed by atoms with Gasteiger partial charge in [0.25, 0.3) is 5.91 Å². The molecular formula is C24H27F3N4O3. The molecule has 0 radical (unpaired) electrons. The van der Waals surface area contributed by atoms with Crippen LogP contribution in [0.4, 0.5) is 13.2 Å². The molecule has 0 unspecified atom stereocenters. The van der Waals surface area contributed by atoms with E-state index in [2.05, 4.69) is 20.5 Å². The number of amides is 2. The third-order valence-electron chi connectivity index (χ3n) is 6.55. The average molecular weight is 476 g/mol. The van der Waals surface area contributed by atoms with E-state index in [-0.39, 0.29) is 35.7 Å². The molecule has 2 aromatic rings. The van der Waals surface area contributed by atoms with Crippen LogP contribution in [-0.4, -0.2) is 58.5 Å². The second-order valence-electron chi connectivity index (χ2n) is 8.89. The first-order valence-corrected chi connectivity index (χ1v) is 11.3. The minimum Gasteiger partial charge on any atom is -0.506 e. The van der Waals surface area contributed by atoms with Gasteiger partial charge in [0, 0.05) is 36.8 Å². The number of alkyl halides is 3. The Bertz CT molecular complexity index is 1030. The maximum atomic E-state index is 12.8. The molecule has 1 aromatic carbocycles. The first-order valence-electron chi connectivity index (χ1n) is 11.3. The van der Waals surface area contributed by atoms with Gasteiger partial charge in [-0.1, -0.05) is 6.07 Å². The minimum absolute atomic E-state index is 0.0180. The van der Waals surface area contributed by atoms with Crippen molar-refractivity contribution in [1.29, 1.82) is 0 Å². The molecule has 2 heterocycles. The van der Waals surface area contributed by atoms with Gasteiger partial charge in [-0.05, 0) is 56.0 Å². The van der Waals surface area contributed by atoms with Crippen molar-refractivity contribution >= 4 is 11.8 Å². The molecule has 10 heteroatoms. The van der Waals surface area contributed by atoms with E-state index in [1.165, 1.54) is 6.07 Å². The first kappa shape index (κ1) is 24.0. The van der Waals surface area contributed by atoms with E-state index >= 15 is 0 Å². The number of likely N-dealkylation sites (tertiary alicyclic amines) is 1. The summed E-state index contributed by atoms with van der Waals surface area (Å²) in [7, 11) is 0. The van der Waals surface area contributed by atoms with E-state index in [0.717, 1.165) is 62.7 Å². The molecule has 7 nitrogen and oxygen atoms in total. The van der Waals surface area contributed by atoms with E-state index in [9.17, 15) is 27.9 Å². The molecule has 0 spiro atoms. The Balaban J connectivity index is 1.16. The average Bonchev–Trinajstić information content (AvgIpc) is 2.79. The van der Waals surface area contributed by atoms with Gasteiger partial charge in [-0.3, -0.25) is 19.5 Å². The monoisotopic (exact) mass is 476 g/mol. The fraction of sp³-hybridized carbons (Fsp3) is 0.458. The molecule has 182 valence electrons. The normalized spacial score (nSPS) is 21.5. The molecule has 0 atom stereocenters. The number of rotatable bonds is 6. The second-order valence-corrected chi connectivity index (χ2v) is 8.89. The minimum atomic E-state index is -4.54. The molecule has 1 aliphatic heterocycles. The van der Waals surface area contributed by atoms with Gasteiger partial charge in [-0.2, -0.15) is 13.2 Å². The summed E-state index contributed by atoms with van der Waals surface area (Å²) in [6, 6.07) is 7.88. The van der Waals surface area contributed by atoms with Crippen molar-refractivity contribution in [2.45, 2.75) is 49.9 Å². The summed E-state index contributed by atoms with van der Waals surface area (Å²) in [5.74, 6) is -0.598. The zero-order chi connectivity index (χ0) is 24.3. The molecule has 0 bridgehead atoms. The predicted octanol–water partition coefficient (Wildman–Crippen LogP) is 3.06. The van der Waals surface area contributed by atoms with Crippen molar-refractivity contribution < 1.29 is 27.9 Å². The highest BCUT2D eigenvalue weighted by molar-refractivity contribution is 5.96. The van der Waals surface area contributed by atoms with Crippen molar-refractivity contribution in [3.8, 4) is 5.75 Å². The number of benzene rings is 1. The highest BCUT2D eigenvalue weighted by atomic mass is 19.4. The lowest BCUT2D eigenvalue weighted by Gasteiger charge is -2.46. The van der Waals surface area contributed by atoms with Gasteiger partial charge in [0.2, 0.25) is 5.91 Å². The Labute approximate surface area is 195 Å². The summed E-state index contributed by atoms with van der Waals surface area (Å²) in [5, 5.41) is 15.2. The van der Waals surface area contributed by atoms with Crippen LogP contribution in [0.15, 0.2) is 42.6 Å². The van der Waals surface area contributed by atoms with Crippen molar-refractivity contribution in [3.05, 3.63) is 59.4 Å². The molecule has 4 rings (SSSR count).